The van der Waals surface area contributed by atoms with E-state index < -0.39 is 12.0 Å². The van der Waals surface area contributed by atoms with Crippen LogP contribution in [0.1, 0.15) is 49.9 Å². The third-order valence-corrected chi connectivity index (χ3v) is 8.40. The summed E-state index contributed by atoms with van der Waals surface area (Å²) in [5.74, 6) is 1.26. The lowest BCUT2D eigenvalue weighted by Gasteiger charge is -2.25. The lowest BCUT2D eigenvalue weighted by molar-refractivity contribution is -0.140. The van der Waals surface area contributed by atoms with Gasteiger partial charge in [0, 0.05) is 0 Å². The van der Waals surface area contributed by atoms with Crippen LogP contribution in [0.25, 0.3) is 6.08 Å². The number of hydrogen-bond donors (Lipinski definition) is 1. The number of hydrogen-bond acceptors (Lipinski definition) is 9. The number of esters is 1. The van der Waals surface area contributed by atoms with Gasteiger partial charge < -0.3 is 24.1 Å². The molecule has 1 unspecified atom stereocenters. The zero-order valence-electron chi connectivity index (χ0n) is 25.9. The van der Waals surface area contributed by atoms with Gasteiger partial charge in [0.15, 0.2) is 27.8 Å². The molecule has 1 N–H and O–H groups in total. The van der Waals surface area contributed by atoms with Crippen molar-refractivity contribution < 1.29 is 28.8 Å². The summed E-state index contributed by atoms with van der Waals surface area (Å²) in [7, 11) is 3.02. The topological polar surface area (TPSA) is 109 Å². The molecule has 1 atom stereocenters. The van der Waals surface area contributed by atoms with Gasteiger partial charge in [0.25, 0.3) is 5.56 Å². The Kier molecular flexibility index (Phi) is 9.73. The Hall–Kier alpha value is -4.83. The first-order valence-corrected chi connectivity index (χ1v) is 15.4. The number of carbonyl (C=O) groups excluding carboxylic acids is 1. The van der Waals surface area contributed by atoms with E-state index in [4.69, 9.17) is 18.9 Å². The van der Waals surface area contributed by atoms with Crippen molar-refractivity contribution in [1.82, 2.24) is 4.57 Å². The summed E-state index contributed by atoms with van der Waals surface area (Å²) in [6, 6.07) is 18.8. The summed E-state index contributed by atoms with van der Waals surface area (Å²) in [4.78, 5) is 33.0. The molecule has 0 saturated carbocycles. The molecule has 0 bridgehead atoms. The van der Waals surface area contributed by atoms with Gasteiger partial charge in [-0.1, -0.05) is 67.6 Å². The first-order chi connectivity index (χ1) is 21.7. The number of ether oxygens (including phenoxy) is 4. The second-order valence-electron chi connectivity index (χ2n) is 11.0. The number of thiazole rings is 1. The number of methoxy groups -OCH3 is 2. The van der Waals surface area contributed by atoms with Gasteiger partial charge >= 0.3 is 5.97 Å². The fraction of sp³-hybridized carbons (Fsp3) is 0.286. The van der Waals surface area contributed by atoms with Crippen LogP contribution in [0.15, 0.2) is 87.8 Å². The van der Waals surface area contributed by atoms with Crippen LogP contribution in [-0.2, 0) is 16.1 Å². The minimum Gasteiger partial charge on any atom is -0.504 e. The van der Waals surface area contributed by atoms with Gasteiger partial charge in [0.05, 0.1) is 42.7 Å². The van der Waals surface area contributed by atoms with E-state index in [2.05, 4.69) is 18.8 Å². The molecule has 0 radical (unpaired) electrons. The molecule has 0 amide bonds. The second-order valence-corrected chi connectivity index (χ2v) is 12.0. The zero-order chi connectivity index (χ0) is 32.1. The summed E-state index contributed by atoms with van der Waals surface area (Å²) in [6.07, 6.45) is 2.59. The molecule has 0 spiro atoms. The molecular weight excluding hydrogens is 592 g/mol. The lowest BCUT2D eigenvalue weighted by atomic mass is 9.95. The first kappa shape index (κ1) is 31.6. The summed E-state index contributed by atoms with van der Waals surface area (Å²) in [5.41, 5.74) is 2.53. The predicted octanol–water partition coefficient (Wildman–Crippen LogP) is 5.13. The van der Waals surface area contributed by atoms with E-state index >= 15 is 0 Å². The van der Waals surface area contributed by atoms with E-state index in [0.29, 0.717) is 50.2 Å². The smallest absolute Gasteiger partial charge is 0.338 e. The number of rotatable bonds is 11. The number of aromatic nitrogens is 1. The van der Waals surface area contributed by atoms with Crippen LogP contribution in [0.3, 0.4) is 0 Å². The number of aromatic hydroxyl groups is 1. The molecule has 1 aliphatic heterocycles. The van der Waals surface area contributed by atoms with Crippen LogP contribution >= 0.6 is 11.3 Å². The first-order valence-electron chi connectivity index (χ1n) is 14.6. The zero-order valence-corrected chi connectivity index (χ0v) is 26.7. The molecule has 0 fully saturated rings. The highest BCUT2D eigenvalue weighted by Gasteiger charge is 2.34. The van der Waals surface area contributed by atoms with Crippen LogP contribution in [-0.4, -0.2) is 36.5 Å². The number of nitrogens with zero attached hydrogens (tertiary/aromatic N) is 2. The highest BCUT2D eigenvalue weighted by molar-refractivity contribution is 7.07. The van der Waals surface area contributed by atoms with Gasteiger partial charge in [-0.05, 0) is 66.3 Å². The van der Waals surface area contributed by atoms with Crippen molar-refractivity contribution in [3.8, 4) is 23.0 Å². The Morgan fingerprint density at radius 1 is 1.02 bits per heavy atom. The number of benzene rings is 3. The predicted molar refractivity (Wildman–Crippen MR) is 173 cm³/mol. The Labute approximate surface area is 265 Å². The molecule has 5 rings (SSSR count). The van der Waals surface area contributed by atoms with Crippen molar-refractivity contribution in [2.24, 2.45) is 10.9 Å². The number of allylic oxidation sites excluding steroid dienone is 1. The number of carbonyl (C=O) groups is 1. The quantitative estimate of drug-likeness (QED) is 0.230. The third-order valence-electron chi connectivity index (χ3n) is 7.41. The minimum atomic E-state index is -0.834. The van der Waals surface area contributed by atoms with Gasteiger partial charge in [-0.15, -0.1) is 0 Å². The van der Waals surface area contributed by atoms with Gasteiger partial charge in [-0.3, -0.25) is 9.36 Å². The normalized spacial score (nSPS) is 14.6. The highest BCUT2D eigenvalue weighted by Crippen LogP contribution is 2.36. The standard InChI is InChI=1S/C35H36N2O7S/c1-21(2)15-16-43-27-14-12-25(19-29(27)42-5)32-31(34(40)44-20-23-9-7-6-8-10-23)22(3)36-35-37(32)33(39)30(45-35)18-24-11-13-26(38)28(17-24)41-4/h6-14,17-19,21,32,38H,15-16,20H2,1-5H3/b30-18-. The van der Waals surface area contributed by atoms with Gasteiger partial charge in [0.1, 0.15) is 6.61 Å². The molecule has 2 heterocycles. The SMILES string of the molecule is COc1cc(/C=c2\sc3n(c2=O)C(c2ccc(OCCC(C)C)c(OC)c2)C(C(=O)OCc2ccccc2)=C(C)N=3)ccc1O. The van der Waals surface area contributed by atoms with E-state index in [0.717, 1.165) is 12.0 Å². The van der Waals surface area contributed by atoms with E-state index in [1.807, 2.05) is 36.4 Å². The molecule has 0 aliphatic carbocycles. The average Bonchev–Trinajstić information content (AvgIpc) is 3.34. The van der Waals surface area contributed by atoms with Crippen molar-refractivity contribution >= 4 is 23.4 Å². The third kappa shape index (κ3) is 6.96. The van der Waals surface area contributed by atoms with Crippen molar-refractivity contribution in [1.29, 1.82) is 0 Å². The Morgan fingerprint density at radius 2 is 1.78 bits per heavy atom. The maximum atomic E-state index is 14.1. The molecule has 4 aromatic rings. The summed E-state index contributed by atoms with van der Waals surface area (Å²) in [5, 5.41) is 10.0. The van der Waals surface area contributed by atoms with E-state index in [1.165, 1.54) is 29.1 Å². The summed E-state index contributed by atoms with van der Waals surface area (Å²) < 4.78 is 24.6. The molecule has 3 aromatic carbocycles. The summed E-state index contributed by atoms with van der Waals surface area (Å²) >= 11 is 1.21. The molecule has 1 aromatic heterocycles. The molecule has 45 heavy (non-hydrogen) atoms. The van der Waals surface area contributed by atoms with Gasteiger partial charge in [0.2, 0.25) is 0 Å². The lowest BCUT2D eigenvalue weighted by Crippen LogP contribution is -2.39. The molecule has 9 nitrogen and oxygen atoms in total. The van der Waals surface area contributed by atoms with Gasteiger partial charge in [-0.25, -0.2) is 9.79 Å². The monoisotopic (exact) mass is 628 g/mol. The Balaban J connectivity index is 1.61. The van der Waals surface area contributed by atoms with Crippen molar-refractivity contribution in [3.05, 3.63) is 114 Å². The van der Waals surface area contributed by atoms with Crippen molar-refractivity contribution in [2.45, 2.75) is 39.8 Å². The molecule has 234 valence electrons. The van der Waals surface area contributed by atoms with Crippen LogP contribution in [0.5, 0.6) is 23.0 Å². The minimum absolute atomic E-state index is 0.00373. The molecule has 10 heteroatoms. The van der Waals surface area contributed by atoms with Crippen LogP contribution in [0, 0.1) is 5.92 Å². The maximum absolute atomic E-state index is 14.1. The van der Waals surface area contributed by atoms with Crippen LogP contribution < -0.4 is 29.1 Å². The number of phenolic OH excluding ortho intramolecular Hbond substituents is 1. The molecule has 0 saturated heterocycles. The second kappa shape index (κ2) is 13.9. The number of phenols is 1. The van der Waals surface area contributed by atoms with Crippen LogP contribution in [0.2, 0.25) is 0 Å². The van der Waals surface area contributed by atoms with E-state index in [1.54, 1.807) is 44.4 Å². The number of fused-ring (bicyclic) bond motifs is 1. The Morgan fingerprint density at radius 3 is 2.49 bits per heavy atom. The van der Waals surface area contributed by atoms with Crippen molar-refractivity contribution in [3.63, 3.8) is 0 Å². The molecule has 1 aliphatic rings. The largest absolute Gasteiger partial charge is 0.504 e. The van der Waals surface area contributed by atoms with E-state index in [9.17, 15) is 14.7 Å². The van der Waals surface area contributed by atoms with Gasteiger partial charge in [-0.2, -0.15) is 0 Å². The fourth-order valence-electron chi connectivity index (χ4n) is 5.01. The maximum Gasteiger partial charge on any atom is 0.338 e. The average molecular weight is 629 g/mol. The Bertz CT molecular complexity index is 1910. The highest BCUT2D eigenvalue weighted by atomic mass is 32.1. The van der Waals surface area contributed by atoms with Crippen LogP contribution in [0.4, 0.5) is 0 Å². The van der Waals surface area contributed by atoms with E-state index in [-0.39, 0.29) is 29.2 Å². The fourth-order valence-corrected chi connectivity index (χ4v) is 6.06. The van der Waals surface area contributed by atoms with Crippen molar-refractivity contribution in [2.75, 3.05) is 20.8 Å². The molecular formula is C35H36N2O7S. The summed E-state index contributed by atoms with van der Waals surface area (Å²) in [6.45, 7) is 6.61.